The Kier molecular flexibility index (Phi) is 9.00. The van der Waals surface area contributed by atoms with Gasteiger partial charge in [0.1, 0.15) is 6.04 Å². The Morgan fingerprint density at radius 1 is 0.839 bits per heavy atom. The molecule has 3 N–H and O–H groups in total. The van der Waals surface area contributed by atoms with Crippen LogP contribution in [0.15, 0.2) is 48.5 Å². The summed E-state index contributed by atoms with van der Waals surface area (Å²) in [6.45, 7) is 8.44. The second-order valence-corrected chi connectivity index (χ2v) is 9.23. The van der Waals surface area contributed by atoms with Gasteiger partial charge in [-0.2, -0.15) is 0 Å². The highest BCUT2D eigenvalue weighted by Gasteiger charge is 2.41. The molecule has 0 unspecified atom stereocenters. The number of rotatable bonds is 5. The SMILES string of the molecule is CC(C)C1(C(=O)c2ccc(C(=O)[O-])cc2)CCCCCC1.Cc1ccc([C@H](C)[NH3+])cc1. The minimum Gasteiger partial charge on any atom is -0.545 e. The number of aromatic carboxylic acids is 1. The number of carbonyl (C=O) groups excluding carboxylic acids is 2. The van der Waals surface area contributed by atoms with E-state index >= 15 is 0 Å². The number of benzene rings is 2. The van der Waals surface area contributed by atoms with Crippen molar-refractivity contribution < 1.29 is 20.4 Å². The van der Waals surface area contributed by atoms with Crippen molar-refractivity contribution in [1.82, 2.24) is 0 Å². The number of hydrogen-bond acceptors (Lipinski definition) is 3. The largest absolute Gasteiger partial charge is 0.545 e. The van der Waals surface area contributed by atoms with Crippen LogP contribution in [-0.2, 0) is 0 Å². The van der Waals surface area contributed by atoms with E-state index in [-0.39, 0.29) is 16.8 Å². The molecule has 2 aromatic carbocycles. The molecule has 0 bridgehead atoms. The molecule has 0 saturated heterocycles. The minimum atomic E-state index is -1.21. The van der Waals surface area contributed by atoms with Gasteiger partial charge in [-0.1, -0.05) is 93.6 Å². The number of ketones is 1. The lowest BCUT2D eigenvalue weighted by molar-refractivity contribution is -0.420. The Bertz CT molecular complexity index is 843. The summed E-state index contributed by atoms with van der Waals surface area (Å²) in [5.74, 6) is -0.741. The fraction of sp³-hybridized carbons (Fsp3) is 0.481. The zero-order chi connectivity index (χ0) is 23.0. The Morgan fingerprint density at radius 2 is 1.32 bits per heavy atom. The van der Waals surface area contributed by atoms with Gasteiger partial charge < -0.3 is 15.6 Å². The van der Waals surface area contributed by atoms with Crippen LogP contribution in [0.5, 0.6) is 0 Å². The van der Waals surface area contributed by atoms with E-state index in [0.717, 1.165) is 25.7 Å². The van der Waals surface area contributed by atoms with Gasteiger partial charge in [0.15, 0.2) is 5.78 Å². The molecule has 168 valence electrons. The van der Waals surface area contributed by atoms with Gasteiger partial charge in [0.25, 0.3) is 0 Å². The number of carboxylic acids is 1. The minimum absolute atomic E-state index is 0.117. The van der Waals surface area contributed by atoms with E-state index in [1.165, 1.54) is 36.1 Å². The lowest BCUT2D eigenvalue weighted by Gasteiger charge is -2.35. The van der Waals surface area contributed by atoms with Gasteiger partial charge in [0.2, 0.25) is 0 Å². The van der Waals surface area contributed by atoms with Crippen molar-refractivity contribution >= 4 is 11.8 Å². The van der Waals surface area contributed by atoms with Crippen molar-refractivity contribution in [3.63, 3.8) is 0 Å². The quantitative estimate of drug-likeness (QED) is 0.566. The number of aryl methyl sites for hydroxylation is 1. The van der Waals surface area contributed by atoms with E-state index in [0.29, 0.717) is 17.5 Å². The molecular formula is C27H37NO3. The molecule has 1 fully saturated rings. The van der Waals surface area contributed by atoms with Crippen molar-refractivity contribution in [1.29, 1.82) is 0 Å². The molecule has 0 amide bonds. The molecule has 0 heterocycles. The molecule has 3 rings (SSSR count). The molecular weight excluding hydrogens is 386 g/mol. The Morgan fingerprint density at radius 3 is 1.74 bits per heavy atom. The lowest BCUT2D eigenvalue weighted by atomic mass is 9.67. The second-order valence-electron chi connectivity index (χ2n) is 9.23. The summed E-state index contributed by atoms with van der Waals surface area (Å²) in [4.78, 5) is 23.8. The number of Topliss-reactive ketones (excluding diaryl/α,β-unsaturated/α-hetero) is 1. The summed E-state index contributed by atoms with van der Waals surface area (Å²) >= 11 is 0. The van der Waals surface area contributed by atoms with Gasteiger partial charge in [-0.3, -0.25) is 4.79 Å². The third-order valence-corrected chi connectivity index (χ3v) is 6.58. The molecule has 0 aromatic heterocycles. The number of carbonyl (C=O) groups is 2. The first-order valence-electron chi connectivity index (χ1n) is 11.4. The van der Waals surface area contributed by atoms with Crippen molar-refractivity contribution in [2.45, 2.75) is 72.3 Å². The molecule has 4 nitrogen and oxygen atoms in total. The number of carboxylic acid groups (broad SMARTS) is 1. The molecule has 1 atom stereocenters. The van der Waals surface area contributed by atoms with E-state index < -0.39 is 5.97 Å². The average Bonchev–Trinajstić information content (AvgIpc) is 3.01. The van der Waals surface area contributed by atoms with Crippen LogP contribution in [0.4, 0.5) is 0 Å². The molecule has 1 saturated carbocycles. The van der Waals surface area contributed by atoms with Crippen LogP contribution in [-0.4, -0.2) is 11.8 Å². The van der Waals surface area contributed by atoms with Crippen molar-refractivity contribution in [2.75, 3.05) is 0 Å². The molecule has 31 heavy (non-hydrogen) atoms. The molecule has 2 aromatic rings. The summed E-state index contributed by atoms with van der Waals surface area (Å²) in [6, 6.07) is 15.1. The highest BCUT2D eigenvalue weighted by molar-refractivity contribution is 6.01. The predicted octanol–water partition coefficient (Wildman–Crippen LogP) is 4.53. The van der Waals surface area contributed by atoms with Crippen molar-refractivity contribution in [2.24, 2.45) is 11.3 Å². The zero-order valence-electron chi connectivity index (χ0n) is 19.4. The highest BCUT2D eigenvalue weighted by atomic mass is 16.4. The van der Waals surface area contributed by atoms with E-state index in [9.17, 15) is 14.7 Å². The third kappa shape index (κ3) is 6.51. The van der Waals surface area contributed by atoms with Gasteiger partial charge in [0, 0.05) is 16.5 Å². The zero-order valence-corrected chi connectivity index (χ0v) is 19.4. The van der Waals surface area contributed by atoms with Gasteiger partial charge in [-0.15, -0.1) is 0 Å². The maximum absolute atomic E-state index is 13.0. The van der Waals surface area contributed by atoms with Crippen LogP contribution in [0.1, 0.15) is 97.2 Å². The molecule has 1 aliphatic carbocycles. The van der Waals surface area contributed by atoms with E-state index in [1.807, 2.05) is 0 Å². The number of hydrogen-bond donors (Lipinski definition) is 1. The van der Waals surface area contributed by atoms with Crippen LogP contribution in [0.25, 0.3) is 0 Å². The summed E-state index contributed by atoms with van der Waals surface area (Å²) in [6.07, 6.45) is 6.47. The predicted molar refractivity (Wildman–Crippen MR) is 123 cm³/mol. The van der Waals surface area contributed by atoms with Gasteiger partial charge in [-0.05, 0) is 38.2 Å². The van der Waals surface area contributed by atoms with E-state index in [2.05, 4.69) is 57.7 Å². The first-order chi connectivity index (χ1) is 14.7. The maximum atomic E-state index is 13.0. The van der Waals surface area contributed by atoms with Crippen LogP contribution in [0, 0.1) is 18.3 Å². The van der Waals surface area contributed by atoms with Gasteiger partial charge in [-0.25, -0.2) is 0 Å². The Labute approximate surface area is 186 Å². The van der Waals surface area contributed by atoms with Crippen LogP contribution >= 0.6 is 0 Å². The highest BCUT2D eigenvalue weighted by Crippen LogP contribution is 2.44. The molecule has 0 spiro atoms. The third-order valence-electron chi connectivity index (χ3n) is 6.58. The molecule has 4 heteroatoms. The second kappa shape index (κ2) is 11.2. The van der Waals surface area contributed by atoms with Gasteiger partial charge in [0.05, 0.1) is 5.97 Å². The lowest BCUT2D eigenvalue weighted by Crippen LogP contribution is -2.51. The van der Waals surface area contributed by atoms with Crippen molar-refractivity contribution in [3.8, 4) is 0 Å². The summed E-state index contributed by atoms with van der Waals surface area (Å²) in [5, 5.41) is 10.8. The van der Waals surface area contributed by atoms with Crippen LogP contribution in [0.3, 0.4) is 0 Å². The fourth-order valence-electron chi connectivity index (χ4n) is 4.37. The smallest absolute Gasteiger partial charge is 0.169 e. The first kappa shape index (κ1) is 24.8. The topological polar surface area (TPSA) is 84.8 Å². The van der Waals surface area contributed by atoms with E-state index in [1.54, 1.807) is 12.1 Å². The van der Waals surface area contributed by atoms with Crippen LogP contribution in [0.2, 0.25) is 0 Å². The monoisotopic (exact) mass is 423 g/mol. The van der Waals surface area contributed by atoms with Crippen molar-refractivity contribution in [3.05, 3.63) is 70.8 Å². The Hall–Kier alpha value is -2.46. The standard InChI is InChI=1S/C18H24O3.C9H13N/c1-13(2)18(11-5-3-4-6-12-18)16(19)14-7-9-15(10-8-14)17(20)21;1-7-3-5-9(6-4-7)8(2)10/h7-10,13H,3-6,11-12H2,1-2H3,(H,20,21);3-6,8H,10H2,1-2H3/t;8-/m.0/s1. The normalized spacial score (nSPS) is 16.6. The summed E-state index contributed by atoms with van der Waals surface area (Å²) in [5.41, 5.74) is 7.00. The maximum Gasteiger partial charge on any atom is 0.169 e. The summed E-state index contributed by atoms with van der Waals surface area (Å²) < 4.78 is 0. The van der Waals surface area contributed by atoms with Gasteiger partial charge >= 0.3 is 0 Å². The molecule has 0 aliphatic heterocycles. The number of quaternary nitrogens is 1. The summed E-state index contributed by atoms with van der Waals surface area (Å²) in [7, 11) is 0. The van der Waals surface area contributed by atoms with E-state index in [4.69, 9.17) is 0 Å². The van der Waals surface area contributed by atoms with Crippen LogP contribution < -0.4 is 10.8 Å². The molecule has 1 aliphatic rings. The fourth-order valence-corrected chi connectivity index (χ4v) is 4.37. The first-order valence-corrected chi connectivity index (χ1v) is 11.4. The average molecular weight is 424 g/mol. The Balaban J connectivity index is 0.000000285. The molecule has 0 radical (unpaired) electrons.